The highest BCUT2D eigenvalue weighted by atomic mass is 79.9. The molecular weight excluding hydrogens is 256 g/mol. The van der Waals surface area contributed by atoms with Crippen LogP contribution in [0.4, 0.5) is 0 Å². The van der Waals surface area contributed by atoms with Gasteiger partial charge in [0.25, 0.3) is 0 Å². The molecule has 0 fully saturated rings. The van der Waals surface area contributed by atoms with Crippen LogP contribution in [0.5, 0.6) is 0 Å². The number of hydrogen-bond donors (Lipinski definition) is 1. The minimum absolute atomic E-state index is 0.158. The number of hydrogen-bond acceptors (Lipinski definition) is 3. The Morgan fingerprint density at radius 3 is 2.73 bits per heavy atom. The quantitative estimate of drug-likeness (QED) is 0.909. The van der Waals surface area contributed by atoms with E-state index in [0.29, 0.717) is 5.76 Å². The number of benzene rings is 1. The number of halogens is 1. The summed E-state index contributed by atoms with van der Waals surface area (Å²) in [6.07, 6.45) is 1.69. The van der Waals surface area contributed by atoms with Gasteiger partial charge in [0, 0.05) is 15.6 Å². The Kier molecular flexibility index (Phi) is 2.88. The molecule has 0 saturated heterocycles. The maximum Gasteiger partial charge on any atom is 0.160 e. The Bertz CT molecular complexity index is 465. The van der Waals surface area contributed by atoms with E-state index < -0.39 is 0 Å². The van der Waals surface area contributed by atoms with Crippen molar-refractivity contribution in [3.05, 3.63) is 40.7 Å². The van der Waals surface area contributed by atoms with Gasteiger partial charge in [-0.2, -0.15) is 0 Å². The molecule has 0 aliphatic heterocycles. The standard InChI is InChI=1S/C11H11BrN2O/c1-7(13)11-9(6-14-15-11)8-4-2-3-5-10(8)12/h2-7H,13H2,1H3. The molecule has 0 aliphatic carbocycles. The van der Waals surface area contributed by atoms with Gasteiger partial charge in [0.1, 0.15) is 0 Å². The normalized spacial score (nSPS) is 12.7. The maximum absolute atomic E-state index is 5.80. The summed E-state index contributed by atoms with van der Waals surface area (Å²) in [7, 11) is 0. The van der Waals surface area contributed by atoms with Crippen molar-refractivity contribution in [2.45, 2.75) is 13.0 Å². The molecule has 2 aromatic rings. The molecule has 78 valence electrons. The van der Waals surface area contributed by atoms with Crippen molar-refractivity contribution >= 4 is 15.9 Å². The van der Waals surface area contributed by atoms with Crippen molar-refractivity contribution in [3.8, 4) is 11.1 Å². The number of aromatic nitrogens is 1. The van der Waals surface area contributed by atoms with E-state index in [0.717, 1.165) is 15.6 Å². The molecular formula is C11H11BrN2O. The molecule has 1 atom stereocenters. The first-order valence-corrected chi connectivity index (χ1v) is 5.44. The molecule has 0 aliphatic rings. The van der Waals surface area contributed by atoms with E-state index >= 15 is 0 Å². The highest BCUT2D eigenvalue weighted by Crippen LogP contribution is 2.32. The molecule has 1 aromatic heterocycles. The first-order chi connectivity index (χ1) is 7.20. The molecule has 4 heteroatoms. The van der Waals surface area contributed by atoms with E-state index in [1.54, 1.807) is 6.20 Å². The molecule has 0 spiro atoms. The lowest BCUT2D eigenvalue weighted by Gasteiger charge is -2.05. The second kappa shape index (κ2) is 4.16. The average Bonchev–Trinajstić information content (AvgIpc) is 2.67. The summed E-state index contributed by atoms with van der Waals surface area (Å²) >= 11 is 3.49. The van der Waals surface area contributed by atoms with E-state index in [1.807, 2.05) is 31.2 Å². The first kappa shape index (κ1) is 10.4. The smallest absolute Gasteiger partial charge is 0.160 e. The largest absolute Gasteiger partial charge is 0.359 e. The monoisotopic (exact) mass is 266 g/mol. The lowest BCUT2D eigenvalue weighted by atomic mass is 10.0. The summed E-state index contributed by atoms with van der Waals surface area (Å²) in [4.78, 5) is 0. The zero-order valence-corrected chi connectivity index (χ0v) is 9.86. The highest BCUT2D eigenvalue weighted by molar-refractivity contribution is 9.10. The fourth-order valence-electron chi connectivity index (χ4n) is 1.46. The summed E-state index contributed by atoms with van der Waals surface area (Å²) in [6.45, 7) is 1.88. The van der Waals surface area contributed by atoms with Crippen molar-refractivity contribution in [3.63, 3.8) is 0 Å². The van der Waals surface area contributed by atoms with E-state index in [-0.39, 0.29) is 6.04 Å². The van der Waals surface area contributed by atoms with Crippen LogP contribution >= 0.6 is 15.9 Å². The lowest BCUT2D eigenvalue weighted by Crippen LogP contribution is -2.04. The van der Waals surface area contributed by atoms with Gasteiger partial charge in [0.05, 0.1) is 12.2 Å². The molecule has 15 heavy (non-hydrogen) atoms. The average molecular weight is 267 g/mol. The van der Waals surface area contributed by atoms with E-state index in [2.05, 4.69) is 21.1 Å². The minimum atomic E-state index is -0.158. The molecule has 1 heterocycles. The Labute approximate surface area is 96.4 Å². The van der Waals surface area contributed by atoms with Gasteiger partial charge in [-0.1, -0.05) is 39.3 Å². The zero-order chi connectivity index (χ0) is 10.8. The second-order valence-corrected chi connectivity index (χ2v) is 4.23. The third-order valence-electron chi connectivity index (χ3n) is 2.18. The first-order valence-electron chi connectivity index (χ1n) is 4.65. The third kappa shape index (κ3) is 1.96. The molecule has 1 unspecified atom stereocenters. The molecule has 0 bridgehead atoms. The lowest BCUT2D eigenvalue weighted by molar-refractivity contribution is 0.368. The van der Waals surface area contributed by atoms with Gasteiger partial charge in [0.15, 0.2) is 5.76 Å². The van der Waals surface area contributed by atoms with Gasteiger partial charge in [-0.25, -0.2) is 0 Å². The number of rotatable bonds is 2. The molecule has 2 N–H and O–H groups in total. The van der Waals surface area contributed by atoms with Crippen LogP contribution in [0, 0.1) is 0 Å². The van der Waals surface area contributed by atoms with Crippen LogP contribution < -0.4 is 5.73 Å². The van der Waals surface area contributed by atoms with Crippen molar-refractivity contribution in [2.75, 3.05) is 0 Å². The predicted molar refractivity (Wildman–Crippen MR) is 62.2 cm³/mol. The van der Waals surface area contributed by atoms with Crippen LogP contribution in [0.15, 0.2) is 39.5 Å². The van der Waals surface area contributed by atoms with Gasteiger partial charge in [-0.3, -0.25) is 0 Å². The maximum atomic E-state index is 5.80. The van der Waals surface area contributed by atoms with Gasteiger partial charge in [-0.15, -0.1) is 0 Å². The summed E-state index contributed by atoms with van der Waals surface area (Å²) in [5.41, 5.74) is 7.79. The molecule has 0 radical (unpaired) electrons. The van der Waals surface area contributed by atoms with Gasteiger partial charge in [0.2, 0.25) is 0 Å². The fourth-order valence-corrected chi connectivity index (χ4v) is 1.96. The minimum Gasteiger partial charge on any atom is -0.359 e. The summed E-state index contributed by atoms with van der Waals surface area (Å²) in [6, 6.07) is 7.76. The van der Waals surface area contributed by atoms with E-state index in [4.69, 9.17) is 10.3 Å². The summed E-state index contributed by atoms with van der Waals surface area (Å²) in [5.74, 6) is 0.710. The molecule has 0 saturated carbocycles. The van der Waals surface area contributed by atoms with Gasteiger partial charge < -0.3 is 10.3 Å². The van der Waals surface area contributed by atoms with Crippen molar-refractivity contribution in [1.82, 2.24) is 5.16 Å². The van der Waals surface area contributed by atoms with E-state index in [9.17, 15) is 0 Å². The fraction of sp³-hybridized carbons (Fsp3) is 0.182. The Hall–Kier alpha value is -1.13. The molecule has 2 rings (SSSR count). The van der Waals surface area contributed by atoms with Crippen LogP contribution in [0.25, 0.3) is 11.1 Å². The zero-order valence-electron chi connectivity index (χ0n) is 8.27. The predicted octanol–water partition coefficient (Wildman–Crippen LogP) is 3.12. The summed E-state index contributed by atoms with van der Waals surface area (Å²) < 4.78 is 6.15. The Morgan fingerprint density at radius 1 is 1.33 bits per heavy atom. The van der Waals surface area contributed by atoms with Crippen LogP contribution in [-0.2, 0) is 0 Å². The van der Waals surface area contributed by atoms with Crippen LogP contribution in [-0.4, -0.2) is 5.16 Å². The summed E-state index contributed by atoms with van der Waals surface area (Å²) in [5, 5.41) is 3.79. The van der Waals surface area contributed by atoms with Crippen molar-refractivity contribution in [2.24, 2.45) is 5.73 Å². The Balaban J connectivity index is 2.55. The molecule has 3 nitrogen and oxygen atoms in total. The molecule has 1 aromatic carbocycles. The van der Waals surface area contributed by atoms with Crippen LogP contribution in [0.1, 0.15) is 18.7 Å². The third-order valence-corrected chi connectivity index (χ3v) is 2.87. The highest BCUT2D eigenvalue weighted by Gasteiger charge is 2.15. The van der Waals surface area contributed by atoms with Crippen molar-refractivity contribution < 1.29 is 4.52 Å². The van der Waals surface area contributed by atoms with Gasteiger partial charge in [-0.05, 0) is 13.0 Å². The number of nitrogens with zero attached hydrogens (tertiary/aromatic N) is 1. The topological polar surface area (TPSA) is 52.0 Å². The second-order valence-electron chi connectivity index (χ2n) is 3.37. The SMILES string of the molecule is CC(N)c1oncc1-c1ccccc1Br. The van der Waals surface area contributed by atoms with Crippen LogP contribution in [0.3, 0.4) is 0 Å². The Morgan fingerprint density at radius 2 is 2.07 bits per heavy atom. The van der Waals surface area contributed by atoms with Crippen LogP contribution in [0.2, 0.25) is 0 Å². The van der Waals surface area contributed by atoms with Crippen molar-refractivity contribution in [1.29, 1.82) is 0 Å². The van der Waals surface area contributed by atoms with E-state index in [1.165, 1.54) is 0 Å². The van der Waals surface area contributed by atoms with Gasteiger partial charge >= 0.3 is 0 Å². The number of nitrogens with two attached hydrogens (primary N) is 1. The molecule has 0 amide bonds.